The van der Waals surface area contributed by atoms with Gasteiger partial charge < -0.3 is 11.1 Å². The molecule has 74 valence electrons. The fourth-order valence-electron chi connectivity index (χ4n) is 2.07. The molecule has 0 aromatic heterocycles. The van der Waals surface area contributed by atoms with Gasteiger partial charge in [-0.15, -0.1) is 0 Å². The summed E-state index contributed by atoms with van der Waals surface area (Å²) in [7, 11) is 0. The van der Waals surface area contributed by atoms with Crippen molar-refractivity contribution in [3.63, 3.8) is 0 Å². The van der Waals surface area contributed by atoms with Gasteiger partial charge in [0.25, 0.3) is 0 Å². The summed E-state index contributed by atoms with van der Waals surface area (Å²) in [5.41, 5.74) is 5.69. The third-order valence-electron chi connectivity index (χ3n) is 2.86. The van der Waals surface area contributed by atoms with Gasteiger partial charge in [0.15, 0.2) is 0 Å². The van der Waals surface area contributed by atoms with Crippen molar-refractivity contribution >= 4 is 0 Å². The fraction of sp³-hybridized carbons (Fsp3) is 0.900. The van der Waals surface area contributed by atoms with Gasteiger partial charge in [0.1, 0.15) is 0 Å². The molecule has 0 aliphatic heterocycles. The number of hydrogen-bond donors (Lipinski definition) is 2. The lowest BCUT2D eigenvalue weighted by atomic mass is 9.84. The van der Waals surface area contributed by atoms with Crippen molar-refractivity contribution in [2.45, 2.75) is 38.1 Å². The zero-order valence-electron chi connectivity index (χ0n) is 8.13. The van der Waals surface area contributed by atoms with E-state index in [1.54, 1.807) is 0 Å². The summed E-state index contributed by atoms with van der Waals surface area (Å²) in [5, 5.41) is 11.8. The molecule has 1 rings (SSSR count). The second-order valence-corrected chi connectivity index (χ2v) is 3.75. The molecule has 0 aromatic carbocycles. The van der Waals surface area contributed by atoms with E-state index in [0.29, 0.717) is 18.4 Å². The van der Waals surface area contributed by atoms with Crippen LogP contribution in [-0.2, 0) is 0 Å². The van der Waals surface area contributed by atoms with Crippen LogP contribution in [-0.4, -0.2) is 19.1 Å². The van der Waals surface area contributed by atoms with Crippen LogP contribution in [0.4, 0.5) is 0 Å². The van der Waals surface area contributed by atoms with Crippen LogP contribution in [0.25, 0.3) is 0 Å². The fourth-order valence-corrected chi connectivity index (χ4v) is 2.07. The Labute approximate surface area is 80.3 Å². The molecule has 1 aliphatic rings. The van der Waals surface area contributed by atoms with Crippen LogP contribution in [0, 0.1) is 17.2 Å². The molecule has 0 bridgehead atoms. The molecular formula is C10H19N3. The Morgan fingerprint density at radius 1 is 1.38 bits per heavy atom. The van der Waals surface area contributed by atoms with Crippen LogP contribution in [0.3, 0.4) is 0 Å². The Morgan fingerprint density at radius 2 is 2.15 bits per heavy atom. The maximum Gasteiger partial charge on any atom is 0.0635 e. The Morgan fingerprint density at radius 3 is 2.85 bits per heavy atom. The molecular weight excluding hydrogens is 162 g/mol. The van der Waals surface area contributed by atoms with Crippen molar-refractivity contribution in [2.75, 3.05) is 13.1 Å². The van der Waals surface area contributed by atoms with Crippen LogP contribution < -0.4 is 11.1 Å². The van der Waals surface area contributed by atoms with E-state index in [9.17, 15) is 0 Å². The standard InChI is InChI=1S/C10H19N3/c11-6-3-7-13-10-5-2-1-4-9(10)8-12/h9-10,13H,1-5,7-8,12H2. The number of hydrogen-bond acceptors (Lipinski definition) is 3. The van der Waals surface area contributed by atoms with E-state index in [4.69, 9.17) is 11.0 Å². The molecule has 0 heterocycles. The third-order valence-corrected chi connectivity index (χ3v) is 2.86. The van der Waals surface area contributed by atoms with Gasteiger partial charge in [-0.1, -0.05) is 12.8 Å². The first-order chi connectivity index (χ1) is 6.38. The zero-order chi connectivity index (χ0) is 9.52. The van der Waals surface area contributed by atoms with Crippen LogP contribution in [0.5, 0.6) is 0 Å². The predicted octanol–water partition coefficient (Wildman–Crippen LogP) is 1.01. The van der Waals surface area contributed by atoms with Crippen molar-refractivity contribution in [2.24, 2.45) is 11.7 Å². The van der Waals surface area contributed by atoms with Crippen molar-refractivity contribution in [1.82, 2.24) is 5.32 Å². The molecule has 0 saturated heterocycles. The molecule has 0 amide bonds. The summed E-state index contributed by atoms with van der Waals surface area (Å²) < 4.78 is 0. The van der Waals surface area contributed by atoms with E-state index in [1.165, 1.54) is 25.7 Å². The quantitative estimate of drug-likeness (QED) is 0.636. The molecule has 13 heavy (non-hydrogen) atoms. The second kappa shape index (κ2) is 5.95. The maximum absolute atomic E-state index is 8.40. The molecule has 3 nitrogen and oxygen atoms in total. The first-order valence-electron chi connectivity index (χ1n) is 5.19. The summed E-state index contributed by atoms with van der Waals surface area (Å²) >= 11 is 0. The zero-order valence-corrected chi connectivity index (χ0v) is 8.13. The second-order valence-electron chi connectivity index (χ2n) is 3.75. The topological polar surface area (TPSA) is 61.8 Å². The van der Waals surface area contributed by atoms with Crippen LogP contribution in [0.15, 0.2) is 0 Å². The molecule has 2 atom stereocenters. The lowest BCUT2D eigenvalue weighted by Gasteiger charge is -2.31. The van der Waals surface area contributed by atoms with Gasteiger partial charge in [0.05, 0.1) is 6.07 Å². The Balaban J connectivity index is 2.24. The maximum atomic E-state index is 8.40. The summed E-state index contributed by atoms with van der Waals surface area (Å²) in [4.78, 5) is 0. The highest BCUT2D eigenvalue weighted by Crippen LogP contribution is 2.23. The van der Waals surface area contributed by atoms with E-state index in [2.05, 4.69) is 11.4 Å². The van der Waals surface area contributed by atoms with Crippen LogP contribution in [0.1, 0.15) is 32.1 Å². The van der Waals surface area contributed by atoms with E-state index >= 15 is 0 Å². The number of nitrogens with zero attached hydrogens (tertiary/aromatic N) is 1. The minimum Gasteiger partial charge on any atom is -0.330 e. The molecule has 1 aliphatic carbocycles. The monoisotopic (exact) mass is 181 g/mol. The van der Waals surface area contributed by atoms with Gasteiger partial charge >= 0.3 is 0 Å². The van der Waals surface area contributed by atoms with Gasteiger partial charge in [-0.2, -0.15) is 5.26 Å². The minimum atomic E-state index is 0.562. The van der Waals surface area contributed by atoms with Gasteiger partial charge in [0.2, 0.25) is 0 Å². The summed E-state index contributed by atoms with van der Waals surface area (Å²) in [6, 6.07) is 2.71. The first-order valence-corrected chi connectivity index (χ1v) is 5.19. The minimum absolute atomic E-state index is 0.562. The predicted molar refractivity (Wildman–Crippen MR) is 53.0 cm³/mol. The number of nitrogens with one attached hydrogen (secondary N) is 1. The third kappa shape index (κ3) is 3.33. The highest BCUT2D eigenvalue weighted by atomic mass is 14.9. The number of nitrogens with two attached hydrogens (primary N) is 1. The molecule has 3 N–H and O–H groups in total. The molecule has 2 unspecified atom stereocenters. The van der Waals surface area contributed by atoms with Crippen molar-refractivity contribution in [1.29, 1.82) is 5.26 Å². The Bertz CT molecular complexity index is 173. The van der Waals surface area contributed by atoms with Crippen molar-refractivity contribution < 1.29 is 0 Å². The van der Waals surface area contributed by atoms with E-state index in [0.717, 1.165) is 13.1 Å². The summed E-state index contributed by atoms with van der Waals surface area (Å²) in [6.07, 6.45) is 5.71. The Kier molecular flexibility index (Phi) is 4.81. The smallest absolute Gasteiger partial charge is 0.0635 e. The van der Waals surface area contributed by atoms with E-state index in [1.807, 2.05) is 0 Å². The Hall–Kier alpha value is -0.590. The molecule has 0 radical (unpaired) electrons. The molecule has 1 fully saturated rings. The average molecular weight is 181 g/mol. The largest absolute Gasteiger partial charge is 0.330 e. The molecule has 0 aromatic rings. The van der Waals surface area contributed by atoms with Crippen molar-refractivity contribution in [3.8, 4) is 6.07 Å². The normalized spacial score (nSPS) is 28.3. The van der Waals surface area contributed by atoms with Gasteiger partial charge in [-0.05, 0) is 25.3 Å². The lowest BCUT2D eigenvalue weighted by Crippen LogP contribution is -2.42. The van der Waals surface area contributed by atoms with Crippen molar-refractivity contribution in [3.05, 3.63) is 0 Å². The SMILES string of the molecule is N#CCCNC1CCCCC1CN. The molecule has 3 heteroatoms. The number of rotatable bonds is 4. The summed E-state index contributed by atoms with van der Waals surface area (Å²) in [5.74, 6) is 0.632. The molecule has 0 spiro atoms. The van der Waals surface area contributed by atoms with E-state index in [-0.39, 0.29) is 0 Å². The molecule has 1 saturated carbocycles. The first kappa shape index (κ1) is 10.5. The van der Waals surface area contributed by atoms with E-state index < -0.39 is 0 Å². The number of nitriles is 1. The van der Waals surface area contributed by atoms with Gasteiger partial charge in [-0.25, -0.2) is 0 Å². The van der Waals surface area contributed by atoms with Crippen LogP contribution in [0.2, 0.25) is 0 Å². The average Bonchev–Trinajstić information content (AvgIpc) is 2.19. The lowest BCUT2D eigenvalue weighted by molar-refractivity contribution is 0.270. The van der Waals surface area contributed by atoms with Crippen LogP contribution >= 0.6 is 0 Å². The highest BCUT2D eigenvalue weighted by Gasteiger charge is 2.22. The summed E-state index contributed by atoms with van der Waals surface area (Å²) in [6.45, 7) is 1.60. The van der Waals surface area contributed by atoms with Gasteiger partial charge in [-0.3, -0.25) is 0 Å². The van der Waals surface area contributed by atoms with Gasteiger partial charge in [0, 0.05) is 19.0 Å². The highest BCUT2D eigenvalue weighted by molar-refractivity contribution is 4.82.